The van der Waals surface area contributed by atoms with E-state index in [2.05, 4.69) is 53.1 Å². The Morgan fingerprint density at radius 2 is 2.21 bits per heavy atom. The lowest BCUT2D eigenvalue weighted by Crippen LogP contribution is -2.38. The van der Waals surface area contributed by atoms with Crippen LogP contribution in [0.4, 0.5) is 5.82 Å². The highest BCUT2D eigenvalue weighted by atomic mass is 15.3. The molecule has 4 nitrogen and oxygen atoms in total. The van der Waals surface area contributed by atoms with Crippen molar-refractivity contribution >= 4 is 5.82 Å². The SMILES string of the molecule is CCNCc1ccc(N2CCCN(C)CC2C)nc1. The Labute approximate surface area is 116 Å². The first-order valence-electron chi connectivity index (χ1n) is 7.31. The molecular formula is C15H26N4. The van der Waals surface area contributed by atoms with Crippen LogP contribution in [0.5, 0.6) is 0 Å². The quantitative estimate of drug-likeness (QED) is 0.895. The Kier molecular flexibility index (Phi) is 5.16. The summed E-state index contributed by atoms with van der Waals surface area (Å²) in [5.41, 5.74) is 1.25. The predicted octanol–water partition coefficient (Wildman–Crippen LogP) is 1.72. The van der Waals surface area contributed by atoms with Crippen molar-refractivity contribution in [2.75, 3.05) is 38.1 Å². The fourth-order valence-corrected chi connectivity index (χ4v) is 2.67. The van der Waals surface area contributed by atoms with E-state index >= 15 is 0 Å². The molecule has 1 atom stereocenters. The van der Waals surface area contributed by atoms with Crippen LogP contribution in [0.25, 0.3) is 0 Å². The van der Waals surface area contributed by atoms with Gasteiger partial charge in [-0.25, -0.2) is 4.98 Å². The molecule has 106 valence electrons. The molecule has 1 unspecified atom stereocenters. The largest absolute Gasteiger partial charge is 0.353 e. The topological polar surface area (TPSA) is 31.4 Å². The lowest BCUT2D eigenvalue weighted by molar-refractivity contribution is 0.337. The van der Waals surface area contributed by atoms with Gasteiger partial charge in [0.25, 0.3) is 0 Å². The number of pyridine rings is 1. The second kappa shape index (κ2) is 6.87. The van der Waals surface area contributed by atoms with Crippen molar-refractivity contribution in [1.29, 1.82) is 0 Å². The van der Waals surface area contributed by atoms with Crippen LogP contribution in [0, 0.1) is 0 Å². The molecule has 0 bridgehead atoms. The van der Waals surface area contributed by atoms with Crippen molar-refractivity contribution in [2.45, 2.75) is 32.9 Å². The molecule has 1 aromatic heterocycles. The molecule has 2 rings (SSSR count). The van der Waals surface area contributed by atoms with E-state index in [4.69, 9.17) is 0 Å². The zero-order valence-electron chi connectivity index (χ0n) is 12.4. The monoisotopic (exact) mass is 262 g/mol. The Balaban J connectivity index is 2.03. The molecule has 0 spiro atoms. The predicted molar refractivity (Wildman–Crippen MR) is 80.5 cm³/mol. The van der Waals surface area contributed by atoms with E-state index in [1.165, 1.54) is 18.5 Å². The van der Waals surface area contributed by atoms with Crippen LogP contribution in [-0.2, 0) is 6.54 Å². The molecule has 1 N–H and O–H groups in total. The van der Waals surface area contributed by atoms with Gasteiger partial charge in [0, 0.05) is 31.9 Å². The van der Waals surface area contributed by atoms with Crippen LogP contribution in [0.3, 0.4) is 0 Å². The van der Waals surface area contributed by atoms with Gasteiger partial charge in [-0.1, -0.05) is 13.0 Å². The summed E-state index contributed by atoms with van der Waals surface area (Å²) in [6.45, 7) is 9.71. The van der Waals surface area contributed by atoms with Gasteiger partial charge >= 0.3 is 0 Å². The fraction of sp³-hybridized carbons (Fsp3) is 0.667. The highest BCUT2D eigenvalue weighted by Crippen LogP contribution is 2.18. The number of aromatic nitrogens is 1. The average Bonchev–Trinajstić information content (AvgIpc) is 2.58. The second-order valence-electron chi connectivity index (χ2n) is 5.46. The summed E-state index contributed by atoms with van der Waals surface area (Å²) in [6.07, 6.45) is 3.21. The minimum Gasteiger partial charge on any atom is -0.353 e. The van der Waals surface area contributed by atoms with Gasteiger partial charge in [-0.3, -0.25) is 0 Å². The smallest absolute Gasteiger partial charge is 0.128 e. The third kappa shape index (κ3) is 3.91. The van der Waals surface area contributed by atoms with Gasteiger partial charge in [-0.15, -0.1) is 0 Å². The lowest BCUT2D eigenvalue weighted by atomic mass is 10.2. The first-order chi connectivity index (χ1) is 9.20. The average molecular weight is 262 g/mol. The zero-order chi connectivity index (χ0) is 13.7. The number of nitrogens with one attached hydrogen (secondary N) is 1. The maximum absolute atomic E-state index is 4.64. The van der Waals surface area contributed by atoms with E-state index in [-0.39, 0.29) is 0 Å². The number of hydrogen-bond acceptors (Lipinski definition) is 4. The Hall–Kier alpha value is -1.13. The first-order valence-corrected chi connectivity index (χ1v) is 7.31. The molecule has 1 saturated heterocycles. The Morgan fingerprint density at radius 3 is 2.89 bits per heavy atom. The standard InChI is InChI=1S/C15H26N4/c1-4-16-10-14-6-7-15(17-11-14)19-9-5-8-18(3)12-13(19)2/h6-7,11,13,16H,4-5,8-10,12H2,1-3H3. The van der Waals surface area contributed by atoms with Crippen LogP contribution < -0.4 is 10.2 Å². The molecule has 2 heterocycles. The fourth-order valence-electron chi connectivity index (χ4n) is 2.67. The Morgan fingerprint density at radius 1 is 1.37 bits per heavy atom. The summed E-state index contributed by atoms with van der Waals surface area (Å²) in [4.78, 5) is 9.48. The summed E-state index contributed by atoms with van der Waals surface area (Å²) in [6, 6.07) is 4.88. The number of likely N-dealkylation sites (N-methyl/N-ethyl adjacent to an activating group) is 1. The highest BCUT2D eigenvalue weighted by Gasteiger charge is 2.20. The van der Waals surface area contributed by atoms with Gasteiger partial charge in [0.2, 0.25) is 0 Å². The lowest BCUT2D eigenvalue weighted by Gasteiger charge is -2.29. The minimum atomic E-state index is 0.527. The number of nitrogens with zero attached hydrogens (tertiary/aromatic N) is 3. The molecule has 0 amide bonds. The van der Waals surface area contributed by atoms with Gasteiger partial charge in [0.05, 0.1) is 0 Å². The molecule has 1 fully saturated rings. The molecule has 0 aliphatic carbocycles. The molecule has 0 saturated carbocycles. The molecule has 0 aromatic carbocycles. The van der Waals surface area contributed by atoms with Crippen molar-refractivity contribution in [3.63, 3.8) is 0 Å². The second-order valence-corrected chi connectivity index (χ2v) is 5.46. The first kappa shape index (κ1) is 14.3. The van der Waals surface area contributed by atoms with E-state index in [0.29, 0.717) is 6.04 Å². The maximum atomic E-state index is 4.64. The van der Waals surface area contributed by atoms with E-state index in [9.17, 15) is 0 Å². The van der Waals surface area contributed by atoms with Crippen molar-refractivity contribution in [3.8, 4) is 0 Å². The summed E-state index contributed by atoms with van der Waals surface area (Å²) < 4.78 is 0. The van der Waals surface area contributed by atoms with Crippen molar-refractivity contribution in [3.05, 3.63) is 23.9 Å². The van der Waals surface area contributed by atoms with Crippen LogP contribution in [0.2, 0.25) is 0 Å². The molecule has 19 heavy (non-hydrogen) atoms. The highest BCUT2D eigenvalue weighted by molar-refractivity contribution is 5.40. The van der Waals surface area contributed by atoms with Gasteiger partial charge in [0.1, 0.15) is 5.82 Å². The molecule has 1 aromatic rings. The molecular weight excluding hydrogens is 236 g/mol. The molecule has 1 aliphatic rings. The van der Waals surface area contributed by atoms with E-state index in [1.807, 2.05) is 6.20 Å². The van der Waals surface area contributed by atoms with Crippen molar-refractivity contribution in [2.24, 2.45) is 0 Å². The summed E-state index contributed by atoms with van der Waals surface area (Å²) in [5, 5.41) is 3.33. The summed E-state index contributed by atoms with van der Waals surface area (Å²) in [5.74, 6) is 1.11. The molecule has 0 radical (unpaired) electrons. The van der Waals surface area contributed by atoms with E-state index in [0.717, 1.165) is 32.0 Å². The molecule has 4 heteroatoms. The number of anilines is 1. The summed E-state index contributed by atoms with van der Waals surface area (Å²) >= 11 is 0. The van der Waals surface area contributed by atoms with Crippen molar-refractivity contribution in [1.82, 2.24) is 15.2 Å². The maximum Gasteiger partial charge on any atom is 0.128 e. The number of rotatable bonds is 4. The van der Waals surface area contributed by atoms with Crippen LogP contribution in [0.15, 0.2) is 18.3 Å². The number of hydrogen-bond donors (Lipinski definition) is 1. The van der Waals surface area contributed by atoms with Crippen LogP contribution in [-0.4, -0.2) is 49.2 Å². The minimum absolute atomic E-state index is 0.527. The van der Waals surface area contributed by atoms with Gasteiger partial charge in [-0.05, 0) is 45.1 Å². The third-order valence-corrected chi connectivity index (χ3v) is 3.73. The van der Waals surface area contributed by atoms with Crippen LogP contribution >= 0.6 is 0 Å². The van der Waals surface area contributed by atoms with Gasteiger partial charge in [-0.2, -0.15) is 0 Å². The zero-order valence-corrected chi connectivity index (χ0v) is 12.4. The summed E-state index contributed by atoms with van der Waals surface area (Å²) in [7, 11) is 2.20. The molecule has 1 aliphatic heterocycles. The third-order valence-electron chi connectivity index (χ3n) is 3.73. The van der Waals surface area contributed by atoms with E-state index < -0.39 is 0 Å². The van der Waals surface area contributed by atoms with Gasteiger partial charge < -0.3 is 15.1 Å². The van der Waals surface area contributed by atoms with Crippen molar-refractivity contribution < 1.29 is 0 Å². The Bertz CT molecular complexity index is 376. The van der Waals surface area contributed by atoms with Crippen LogP contribution in [0.1, 0.15) is 25.8 Å². The van der Waals surface area contributed by atoms with Gasteiger partial charge in [0.15, 0.2) is 0 Å². The van der Waals surface area contributed by atoms with E-state index in [1.54, 1.807) is 0 Å². The normalized spacial score (nSPS) is 21.4.